The fourth-order valence-electron chi connectivity index (χ4n) is 3.60. The van der Waals surface area contributed by atoms with Gasteiger partial charge < -0.3 is 20.1 Å². The minimum absolute atomic E-state index is 0.210. The summed E-state index contributed by atoms with van der Waals surface area (Å²) in [5.74, 6) is 3.82. The lowest BCUT2D eigenvalue weighted by Gasteiger charge is -2.29. The first-order valence-corrected chi connectivity index (χ1v) is 11.1. The molecule has 4 rings (SSSR count). The molecule has 0 spiro atoms. The van der Waals surface area contributed by atoms with E-state index in [1.807, 2.05) is 24.3 Å². The lowest BCUT2D eigenvalue weighted by molar-refractivity contribution is -0.192. The SMILES string of the molecule is C=Cc1ccc(-n2c(=O)n(CC#CC)c3c(N4CCNCC4)nc(OC)nc32)cc1.O=C(O)C(F)(F)F. The van der Waals surface area contributed by atoms with E-state index in [2.05, 4.69) is 38.6 Å². The van der Waals surface area contributed by atoms with Crippen LogP contribution in [-0.2, 0) is 11.3 Å². The van der Waals surface area contributed by atoms with Crippen molar-refractivity contribution in [1.82, 2.24) is 24.4 Å². The molecule has 0 saturated carbocycles. The number of aromatic nitrogens is 4. The predicted octanol–water partition coefficient (Wildman–Crippen LogP) is 2.30. The van der Waals surface area contributed by atoms with Gasteiger partial charge in [0.2, 0.25) is 0 Å². The number of fused-ring (bicyclic) bond motifs is 1. The topological polar surface area (TPSA) is 115 Å². The largest absolute Gasteiger partial charge is 0.490 e. The molecule has 0 amide bonds. The summed E-state index contributed by atoms with van der Waals surface area (Å²) >= 11 is 0. The smallest absolute Gasteiger partial charge is 0.475 e. The number of methoxy groups -OCH3 is 1. The van der Waals surface area contributed by atoms with Crippen molar-refractivity contribution in [3.63, 3.8) is 0 Å². The Morgan fingerprint density at radius 3 is 2.38 bits per heavy atom. The van der Waals surface area contributed by atoms with Crippen LogP contribution in [0.2, 0.25) is 0 Å². The summed E-state index contributed by atoms with van der Waals surface area (Å²) < 4.78 is 40.4. The maximum Gasteiger partial charge on any atom is 0.490 e. The molecule has 2 aromatic heterocycles. The number of anilines is 1. The molecule has 3 aromatic rings. The van der Waals surface area contributed by atoms with Crippen molar-refractivity contribution in [3.8, 4) is 23.5 Å². The fourth-order valence-corrected chi connectivity index (χ4v) is 3.60. The molecule has 1 aromatic carbocycles. The number of carbonyl (C=O) groups is 1. The number of carboxylic acids is 1. The molecule has 1 saturated heterocycles. The number of aliphatic carboxylic acids is 1. The highest BCUT2D eigenvalue weighted by Gasteiger charge is 2.38. The molecular weight excluding hydrogens is 493 g/mol. The average molecular weight is 518 g/mol. The zero-order chi connectivity index (χ0) is 27.2. The summed E-state index contributed by atoms with van der Waals surface area (Å²) in [6, 6.07) is 7.82. The highest BCUT2D eigenvalue weighted by molar-refractivity contribution is 5.86. The minimum Gasteiger partial charge on any atom is -0.475 e. The van der Waals surface area contributed by atoms with Crippen LogP contribution >= 0.6 is 0 Å². The van der Waals surface area contributed by atoms with Crippen LogP contribution in [-0.4, -0.2) is 69.6 Å². The third-order valence-corrected chi connectivity index (χ3v) is 5.37. The summed E-state index contributed by atoms with van der Waals surface area (Å²) in [4.78, 5) is 33.7. The number of nitrogens with zero attached hydrogens (tertiary/aromatic N) is 5. The van der Waals surface area contributed by atoms with Gasteiger partial charge in [0.25, 0.3) is 0 Å². The summed E-state index contributed by atoms with van der Waals surface area (Å²) in [5, 5.41) is 10.5. The van der Waals surface area contributed by atoms with Crippen LogP contribution in [0.5, 0.6) is 6.01 Å². The van der Waals surface area contributed by atoms with Gasteiger partial charge >= 0.3 is 23.8 Å². The molecule has 0 aliphatic carbocycles. The normalized spacial score (nSPS) is 13.3. The maximum atomic E-state index is 13.5. The van der Waals surface area contributed by atoms with Gasteiger partial charge in [-0.3, -0.25) is 4.57 Å². The van der Waals surface area contributed by atoms with E-state index in [-0.39, 0.29) is 18.2 Å². The highest BCUT2D eigenvalue weighted by atomic mass is 19.4. The molecule has 0 radical (unpaired) electrons. The van der Waals surface area contributed by atoms with Gasteiger partial charge in [-0.25, -0.2) is 14.2 Å². The summed E-state index contributed by atoms with van der Waals surface area (Å²) in [6.07, 6.45) is -3.32. The molecule has 0 atom stereocenters. The first-order chi connectivity index (χ1) is 17.6. The van der Waals surface area contributed by atoms with Crippen molar-refractivity contribution < 1.29 is 27.8 Å². The number of nitrogens with one attached hydrogen (secondary N) is 1. The van der Waals surface area contributed by atoms with E-state index in [0.717, 1.165) is 31.7 Å². The number of carboxylic acid groups (broad SMARTS) is 1. The Labute approximate surface area is 210 Å². The minimum atomic E-state index is -5.08. The monoisotopic (exact) mass is 518 g/mol. The number of ether oxygens (including phenoxy) is 1. The Morgan fingerprint density at radius 1 is 1.24 bits per heavy atom. The molecule has 1 fully saturated rings. The van der Waals surface area contributed by atoms with Gasteiger partial charge in [0.15, 0.2) is 11.5 Å². The third kappa shape index (κ3) is 6.10. The molecule has 13 heteroatoms. The van der Waals surface area contributed by atoms with Crippen LogP contribution in [0.3, 0.4) is 0 Å². The number of benzene rings is 1. The zero-order valence-corrected chi connectivity index (χ0v) is 20.2. The first-order valence-electron chi connectivity index (χ1n) is 11.1. The van der Waals surface area contributed by atoms with Gasteiger partial charge in [-0.05, 0) is 24.6 Å². The molecule has 10 nitrogen and oxygen atoms in total. The average Bonchev–Trinajstić information content (AvgIpc) is 3.17. The molecular formula is C24H25F3N6O4. The van der Waals surface area contributed by atoms with Crippen molar-refractivity contribution in [2.24, 2.45) is 0 Å². The van der Waals surface area contributed by atoms with Gasteiger partial charge in [0.05, 0.1) is 19.3 Å². The number of halogens is 3. The van der Waals surface area contributed by atoms with E-state index in [4.69, 9.17) is 14.6 Å². The van der Waals surface area contributed by atoms with Crippen LogP contribution < -0.4 is 20.6 Å². The summed E-state index contributed by atoms with van der Waals surface area (Å²) in [7, 11) is 1.53. The van der Waals surface area contributed by atoms with E-state index in [9.17, 15) is 18.0 Å². The molecule has 1 aliphatic heterocycles. The van der Waals surface area contributed by atoms with Crippen LogP contribution in [0.1, 0.15) is 12.5 Å². The lowest BCUT2D eigenvalue weighted by Crippen LogP contribution is -2.44. The van der Waals surface area contributed by atoms with Crippen molar-refractivity contribution in [2.45, 2.75) is 19.6 Å². The van der Waals surface area contributed by atoms with Crippen LogP contribution in [0, 0.1) is 11.8 Å². The predicted molar refractivity (Wildman–Crippen MR) is 132 cm³/mol. The third-order valence-electron chi connectivity index (χ3n) is 5.37. The van der Waals surface area contributed by atoms with Gasteiger partial charge in [0.1, 0.15) is 5.52 Å². The molecule has 2 N–H and O–H groups in total. The standard InChI is InChI=1S/C22H24N6O2.C2HF3O2/c1-4-6-13-27-18-19(26-14-11-23-12-15-26)24-21(30-3)25-20(18)28(22(27)29)17-9-7-16(5-2)8-10-17;3-2(4,5)1(6)7/h5,7-10,23H,2,11-15H2,1,3H3;(H,6,7). The lowest BCUT2D eigenvalue weighted by atomic mass is 10.2. The molecule has 37 heavy (non-hydrogen) atoms. The molecule has 3 heterocycles. The number of rotatable bonds is 5. The second-order valence-electron chi connectivity index (χ2n) is 7.67. The number of alkyl halides is 3. The van der Waals surface area contributed by atoms with Crippen molar-refractivity contribution in [2.75, 3.05) is 38.2 Å². The number of imidazole rings is 1. The Hall–Kier alpha value is -4.31. The van der Waals surface area contributed by atoms with Gasteiger partial charge in [-0.1, -0.05) is 30.7 Å². The van der Waals surface area contributed by atoms with Crippen molar-refractivity contribution >= 4 is 29.0 Å². The van der Waals surface area contributed by atoms with Crippen LogP contribution in [0.25, 0.3) is 22.9 Å². The molecule has 196 valence electrons. The van der Waals surface area contributed by atoms with E-state index in [1.54, 1.807) is 22.1 Å². The zero-order valence-electron chi connectivity index (χ0n) is 20.2. The highest BCUT2D eigenvalue weighted by Crippen LogP contribution is 2.28. The molecule has 1 aliphatic rings. The van der Waals surface area contributed by atoms with Crippen LogP contribution in [0.15, 0.2) is 35.6 Å². The second kappa shape index (κ2) is 11.6. The van der Waals surface area contributed by atoms with E-state index >= 15 is 0 Å². The Morgan fingerprint density at radius 2 is 1.86 bits per heavy atom. The number of piperazine rings is 1. The quantitative estimate of drug-likeness (QED) is 0.495. The van der Waals surface area contributed by atoms with Gasteiger partial charge in [0, 0.05) is 26.2 Å². The molecule has 0 unspecified atom stereocenters. The van der Waals surface area contributed by atoms with Crippen molar-refractivity contribution in [3.05, 3.63) is 46.9 Å². The van der Waals surface area contributed by atoms with Gasteiger partial charge in [-0.2, -0.15) is 23.1 Å². The number of hydrogen-bond acceptors (Lipinski definition) is 7. The van der Waals surface area contributed by atoms with Crippen molar-refractivity contribution in [1.29, 1.82) is 0 Å². The first kappa shape index (κ1) is 27.3. The Bertz CT molecular complexity index is 1390. The summed E-state index contributed by atoms with van der Waals surface area (Å²) in [6.45, 7) is 9.06. The van der Waals surface area contributed by atoms with E-state index in [1.165, 1.54) is 7.11 Å². The molecule has 0 bridgehead atoms. The second-order valence-corrected chi connectivity index (χ2v) is 7.67. The van der Waals surface area contributed by atoms with Crippen LogP contribution in [0.4, 0.5) is 19.0 Å². The van der Waals surface area contributed by atoms with E-state index in [0.29, 0.717) is 22.7 Å². The van der Waals surface area contributed by atoms with Gasteiger partial charge in [-0.15, -0.1) is 5.92 Å². The number of hydrogen-bond donors (Lipinski definition) is 2. The maximum absolute atomic E-state index is 13.5. The fraction of sp³-hybridized carbons (Fsp3) is 0.333. The Balaban J connectivity index is 0.000000479. The van der Waals surface area contributed by atoms with E-state index < -0.39 is 12.1 Å². The Kier molecular flexibility index (Phi) is 8.56. The summed E-state index contributed by atoms with van der Waals surface area (Å²) in [5.41, 5.74) is 2.65.